The zero-order chi connectivity index (χ0) is 9.97. The third-order valence-corrected chi connectivity index (χ3v) is 1.81. The van der Waals surface area contributed by atoms with Gasteiger partial charge in [-0.2, -0.15) is 0 Å². The maximum Gasteiger partial charge on any atom is 0.170 e. The van der Waals surface area contributed by atoms with E-state index in [4.69, 9.17) is 5.73 Å². The molecule has 2 rings (SSSR count). The van der Waals surface area contributed by atoms with Gasteiger partial charge in [-0.3, -0.25) is 4.79 Å². The van der Waals surface area contributed by atoms with Crippen molar-refractivity contribution in [1.29, 1.82) is 0 Å². The van der Waals surface area contributed by atoms with Gasteiger partial charge in [0.25, 0.3) is 0 Å². The zero-order valence-electron chi connectivity index (χ0n) is 7.29. The maximum absolute atomic E-state index is 10.6. The second-order valence-electron chi connectivity index (χ2n) is 2.78. The van der Waals surface area contributed by atoms with Gasteiger partial charge in [0.2, 0.25) is 0 Å². The molecule has 0 atom stereocenters. The van der Waals surface area contributed by atoms with Crippen LogP contribution in [0.4, 0.5) is 5.69 Å². The number of anilines is 1. The number of aromatic nitrogens is 3. The van der Waals surface area contributed by atoms with Crippen LogP contribution in [-0.2, 0) is 0 Å². The first-order valence-corrected chi connectivity index (χ1v) is 4.03. The third kappa shape index (κ3) is 1.35. The van der Waals surface area contributed by atoms with Crippen LogP contribution in [-0.4, -0.2) is 21.3 Å². The molecule has 0 saturated heterocycles. The molecule has 2 N–H and O–H groups in total. The van der Waals surface area contributed by atoms with E-state index in [1.165, 1.54) is 10.9 Å². The fourth-order valence-corrected chi connectivity index (χ4v) is 1.18. The van der Waals surface area contributed by atoms with E-state index in [-0.39, 0.29) is 0 Å². The van der Waals surface area contributed by atoms with Crippen molar-refractivity contribution in [3.63, 3.8) is 0 Å². The molecule has 0 saturated carbocycles. The van der Waals surface area contributed by atoms with Crippen LogP contribution in [0.3, 0.4) is 0 Å². The minimum absolute atomic E-state index is 0.399. The summed E-state index contributed by atoms with van der Waals surface area (Å²) in [5, 5.41) is 7.42. The van der Waals surface area contributed by atoms with Crippen LogP contribution < -0.4 is 5.73 Å². The third-order valence-electron chi connectivity index (χ3n) is 1.81. The summed E-state index contributed by atoms with van der Waals surface area (Å²) >= 11 is 0. The average Bonchev–Trinajstić information content (AvgIpc) is 2.65. The molecule has 0 aliphatic heterocycles. The Labute approximate surface area is 80.2 Å². The van der Waals surface area contributed by atoms with Crippen LogP contribution in [0.15, 0.2) is 30.5 Å². The van der Waals surface area contributed by atoms with E-state index in [1.54, 1.807) is 24.3 Å². The molecule has 0 radical (unpaired) electrons. The molecule has 0 aliphatic rings. The number of benzene rings is 1. The number of nitrogen functional groups attached to an aromatic ring is 1. The molecule has 14 heavy (non-hydrogen) atoms. The number of aldehydes is 1. The van der Waals surface area contributed by atoms with E-state index in [2.05, 4.69) is 10.3 Å². The molecule has 0 spiro atoms. The number of nitrogens with two attached hydrogens (primary N) is 1. The van der Waals surface area contributed by atoms with Gasteiger partial charge in [0.05, 0.1) is 11.9 Å². The van der Waals surface area contributed by atoms with E-state index < -0.39 is 0 Å². The lowest BCUT2D eigenvalue weighted by Gasteiger charge is -2.02. The minimum Gasteiger partial charge on any atom is -0.399 e. The highest BCUT2D eigenvalue weighted by Gasteiger charge is 2.04. The second-order valence-corrected chi connectivity index (χ2v) is 2.78. The van der Waals surface area contributed by atoms with Crippen molar-refractivity contribution in [3.05, 3.63) is 36.2 Å². The first-order valence-electron chi connectivity index (χ1n) is 4.03. The Balaban J connectivity index is 2.54. The Morgan fingerprint density at radius 1 is 1.43 bits per heavy atom. The highest BCUT2D eigenvalue weighted by molar-refractivity contribution is 5.72. The van der Waals surface area contributed by atoms with E-state index in [9.17, 15) is 4.79 Å². The average molecular weight is 188 g/mol. The summed E-state index contributed by atoms with van der Waals surface area (Å²) in [6.45, 7) is 0. The lowest BCUT2D eigenvalue weighted by molar-refractivity contribution is 0.111. The van der Waals surface area contributed by atoms with Crippen molar-refractivity contribution in [2.45, 2.75) is 0 Å². The zero-order valence-corrected chi connectivity index (χ0v) is 7.29. The van der Waals surface area contributed by atoms with Gasteiger partial charge in [-0.25, -0.2) is 4.68 Å². The van der Waals surface area contributed by atoms with Crippen LogP contribution in [0.5, 0.6) is 0 Å². The van der Waals surface area contributed by atoms with Crippen molar-refractivity contribution in [2.24, 2.45) is 0 Å². The van der Waals surface area contributed by atoms with Gasteiger partial charge < -0.3 is 5.73 Å². The molecule has 1 aromatic carbocycles. The van der Waals surface area contributed by atoms with Crippen molar-refractivity contribution < 1.29 is 4.79 Å². The fourth-order valence-electron chi connectivity index (χ4n) is 1.18. The summed E-state index contributed by atoms with van der Waals surface area (Å²) in [5.74, 6) is 0. The van der Waals surface area contributed by atoms with E-state index >= 15 is 0 Å². The fraction of sp³-hybridized carbons (Fsp3) is 0. The van der Waals surface area contributed by atoms with Crippen LogP contribution in [0.25, 0.3) is 5.69 Å². The molecular weight excluding hydrogens is 180 g/mol. The molecular formula is C9H8N4O. The molecule has 1 aromatic heterocycles. The van der Waals surface area contributed by atoms with Gasteiger partial charge in [0, 0.05) is 5.69 Å². The number of nitrogens with zero attached hydrogens (tertiary/aromatic N) is 3. The van der Waals surface area contributed by atoms with Gasteiger partial charge in [-0.05, 0) is 18.2 Å². The summed E-state index contributed by atoms with van der Waals surface area (Å²) in [7, 11) is 0. The summed E-state index contributed by atoms with van der Waals surface area (Å²) in [4.78, 5) is 10.6. The molecule has 0 fully saturated rings. The van der Waals surface area contributed by atoms with Gasteiger partial charge in [0.15, 0.2) is 6.29 Å². The van der Waals surface area contributed by atoms with Crippen LogP contribution in [0.1, 0.15) is 10.5 Å². The molecule has 1 heterocycles. The number of hydrogen-bond acceptors (Lipinski definition) is 4. The quantitative estimate of drug-likeness (QED) is 0.555. The lowest BCUT2D eigenvalue weighted by Crippen LogP contribution is -2.01. The van der Waals surface area contributed by atoms with E-state index in [0.717, 1.165) is 5.69 Å². The summed E-state index contributed by atoms with van der Waals surface area (Å²) in [6.07, 6.45) is 2.10. The molecule has 0 unspecified atom stereocenters. The number of rotatable bonds is 2. The molecule has 0 bridgehead atoms. The number of hydrogen-bond donors (Lipinski definition) is 1. The SMILES string of the molecule is Nc1cccc(-n2nncc2C=O)c1. The van der Waals surface area contributed by atoms with Gasteiger partial charge in [-0.1, -0.05) is 11.3 Å². The van der Waals surface area contributed by atoms with E-state index in [0.29, 0.717) is 17.7 Å². The smallest absolute Gasteiger partial charge is 0.170 e. The van der Waals surface area contributed by atoms with Gasteiger partial charge in [-0.15, -0.1) is 5.10 Å². The monoisotopic (exact) mass is 188 g/mol. The standard InChI is InChI=1S/C9H8N4O/c10-7-2-1-3-8(4-7)13-9(6-14)5-11-12-13/h1-6H,10H2. The number of carbonyl (C=O) groups is 1. The Morgan fingerprint density at radius 3 is 3.00 bits per heavy atom. The Bertz CT molecular complexity index is 463. The predicted octanol–water partition coefficient (Wildman–Crippen LogP) is 0.662. The molecule has 5 nitrogen and oxygen atoms in total. The van der Waals surface area contributed by atoms with E-state index in [1.807, 2.05) is 0 Å². The van der Waals surface area contributed by atoms with Crippen molar-refractivity contribution >= 4 is 12.0 Å². The molecule has 0 aliphatic carbocycles. The maximum atomic E-state index is 10.6. The topological polar surface area (TPSA) is 73.8 Å². The number of carbonyl (C=O) groups excluding carboxylic acids is 1. The van der Waals surface area contributed by atoms with Gasteiger partial charge >= 0.3 is 0 Å². The summed E-state index contributed by atoms with van der Waals surface area (Å²) in [6, 6.07) is 7.08. The summed E-state index contributed by atoms with van der Waals surface area (Å²) in [5.41, 5.74) is 7.35. The molecule has 2 aromatic rings. The predicted molar refractivity (Wildman–Crippen MR) is 51.2 cm³/mol. The van der Waals surface area contributed by atoms with Crippen molar-refractivity contribution in [3.8, 4) is 5.69 Å². The highest BCUT2D eigenvalue weighted by atomic mass is 16.1. The highest BCUT2D eigenvalue weighted by Crippen LogP contribution is 2.11. The Morgan fingerprint density at radius 2 is 2.29 bits per heavy atom. The van der Waals surface area contributed by atoms with Crippen molar-refractivity contribution in [1.82, 2.24) is 15.0 Å². The largest absolute Gasteiger partial charge is 0.399 e. The first-order chi connectivity index (χ1) is 6.81. The Kier molecular flexibility index (Phi) is 1.98. The lowest BCUT2D eigenvalue weighted by atomic mass is 10.3. The van der Waals surface area contributed by atoms with Crippen molar-refractivity contribution in [2.75, 3.05) is 5.73 Å². The van der Waals surface area contributed by atoms with Gasteiger partial charge in [0.1, 0.15) is 5.69 Å². The van der Waals surface area contributed by atoms with Crippen LogP contribution in [0.2, 0.25) is 0 Å². The molecule has 70 valence electrons. The minimum atomic E-state index is 0.399. The van der Waals surface area contributed by atoms with Crippen LogP contribution >= 0.6 is 0 Å². The second kappa shape index (κ2) is 3.29. The first kappa shape index (κ1) is 8.43. The Hall–Kier alpha value is -2.17. The molecule has 5 heteroatoms. The normalized spacial score (nSPS) is 10.0. The van der Waals surface area contributed by atoms with Crippen LogP contribution in [0, 0.1) is 0 Å². The summed E-state index contributed by atoms with van der Waals surface area (Å²) < 4.78 is 1.43. The molecule has 0 amide bonds.